The standard InChI is InChI=1S/C15H21N5O3/c1-11-8-12(17-23-11)10-19-4-3-5-20(7-6-19)13-9-14(21)18(2)15(22)16-13/h8-9H,3-7,10H2,1-2H3,(H,16,22). The van der Waals surface area contributed by atoms with Crippen LogP contribution in [0.5, 0.6) is 0 Å². The third kappa shape index (κ3) is 3.53. The largest absolute Gasteiger partial charge is 0.361 e. The van der Waals surface area contributed by atoms with Crippen molar-refractivity contribution in [1.29, 1.82) is 0 Å². The Bertz CT molecular complexity index is 760. The van der Waals surface area contributed by atoms with Crippen molar-refractivity contribution in [2.24, 2.45) is 7.05 Å². The number of nitrogens with one attached hydrogen (secondary N) is 1. The molecule has 1 N–H and O–H groups in total. The zero-order chi connectivity index (χ0) is 16.4. The van der Waals surface area contributed by atoms with Crippen molar-refractivity contribution in [3.63, 3.8) is 0 Å². The molecule has 23 heavy (non-hydrogen) atoms. The third-order valence-electron chi connectivity index (χ3n) is 4.12. The summed E-state index contributed by atoms with van der Waals surface area (Å²) in [7, 11) is 1.47. The molecule has 0 saturated carbocycles. The van der Waals surface area contributed by atoms with E-state index in [-0.39, 0.29) is 11.2 Å². The lowest BCUT2D eigenvalue weighted by atomic mass is 10.3. The first-order valence-electron chi connectivity index (χ1n) is 7.73. The van der Waals surface area contributed by atoms with Crippen LogP contribution in [0.4, 0.5) is 5.82 Å². The lowest BCUT2D eigenvalue weighted by Gasteiger charge is -2.22. The number of hydrogen-bond donors (Lipinski definition) is 1. The Morgan fingerprint density at radius 1 is 1.22 bits per heavy atom. The van der Waals surface area contributed by atoms with Gasteiger partial charge in [0.15, 0.2) is 0 Å². The lowest BCUT2D eigenvalue weighted by molar-refractivity contribution is 0.273. The summed E-state index contributed by atoms with van der Waals surface area (Å²) in [4.78, 5) is 30.7. The Kier molecular flexibility index (Phi) is 4.33. The number of aromatic nitrogens is 3. The highest BCUT2D eigenvalue weighted by Gasteiger charge is 2.17. The Morgan fingerprint density at radius 3 is 2.74 bits per heavy atom. The summed E-state index contributed by atoms with van der Waals surface area (Å²) in [5, 5.41) is 4.03. The molecule has 1 aliphatic rings. The first-order valence-corrected chi connectivity index (χ1v) is 7.73. The molecule has 124 valence electrons. The van der Waals surface area contributed by atoms with Crippen molar-refractivity contribution in [2.75, 3.05) is 31.1 Å². The molecule has 1 aliphatic heterocycles. The first kappa shape index (κ1) is 15.5. The number of nitrogens with zero attached hydrogens (tertiary/aromatic N) is 4. The van der Waals surface area contributed by atoms with Crippen molar-refractivity contribution >= 4 is 5.82 Å². The summed E-state index contributed by atoms with van der Waals surface area (Å²) >= 11 is 0. The fourth-order valence-electron chi connectivity index (χ4n) is 2.81. The highest BCUT2D eigenvalue weighted by molar-refractivity contribution is 5.36. The van der Waals surface area contributed by atoms with E-state index in [0.717, 1.165) is 55.2 Å². The van der Waals surface area contributed by atoms with Gasteiger partial charge in [-0.15, -0.1) is 0 Å². The Labute approximate surface area is 133 Å². The average Bonchev–Trinajstić information content (AvgIpc) is 2.78. The van der Waals surface area contributed by atoms with Gasteiger partial charge in [-0.25, -0.2) is 4.79 Å². The van der Waals surface area contributed by atoms with E-state index in [1.165, 1.54) is 13.1 Å². The summed E-state index contributed by atoms with van der Waals surface area (Å²) in [6.45, 7) is 5.96. The van der Waals surface area contributed by atoms with Crippen LogP contribution in [0.15, 0.2) is 26.2 Å². The molecule has 0 unspecified atom stereocenters. The van der Waals surface area contributed by atoms with Crippen molar-refractivity contribution < 1.29 is 4.52 Å². The summed E-state index contributed by atoms with van der Waals surface area (Å²) < 4.78 is 6.17. The second-order valence-electron chi connectivity index (χ2n) is 5.90. The zero-order valence-electron chi connectivity index (χ0n) is 13.4. The van der Waals surface area contributed by atoms with E-state index in [4.69, 9.17) is 4.52 Å². The molecule has 0 aliphatic carbocycles. The molecule has 0 radical (unpaired) electrons. The van der Waals surface area contributed by atoms with Crippen LogP contribution in [0, 0.1) is 6.92 Å². The minimum Gasteiger partial charge on any atom is -0.361 e. The summed E-state index contributed by atoms with van der Waals surface area (Å²) in [6, 6.07) is 3.43. The van der Waals surface area contributed by atoms with Gasteiger partial charge in [-0.3, -0.25) is 19.2 Å². The first-order chi connectivity index (χ1) is 11.0. The number of anilines is 1. The van der Waals surface area contributed by atoms with Crippen LogP contribution in [0.1, 0.15) is 17.9 Å². The van der Waals surface area contributed by atoms with E-state index in [1.54, 1.807) is 0 Å². The minimum atomic E-state index is -0.383. The maximum Gasteiger partial charge on any atom is 0.329 e. The molecule has 0 aromatic carbocycles. The highest BCUT2D eigenvalue weighted by Crippen LogP contribution is 2.13. The minimum absolute atomic E-state index is 0.289. The maximum atomic E-state index is 11.8. The molecule has 2 aromatic heterocycles. The van der Waals surface area contributed by atoms with Gasteiger partial charge in [0.25, 0.3) is 5.56 Å². The van der Waals surface area contributed by atoms with Crippen molar-refractivity contribution in [3.05, 3.63) is 44.4 Å². The number of aromatic amines is 1. The summed E-state index contributed by atoms with van der Waals surface area (Å²) in [5.74, 6) is 1.41. The number of rotatable bonds is 3. The van der Waals surface area contributed by atoms with E-state index in [9.17, 15) is 9.59 Å². The third-order valence-corrected chi connectivity index (χ3v) is 4.12. The maximum absolute atomic E-state index is 11.8. The van der Waals surface area contributed by atoms with E-state index in [1.807, 2.05) is 13.0 Å². The molecule has 1 fully saturated rings. The van der Waals surface area contributed by atoms with Crippen molar-refractivity contribution in [3.8, 4) is 0 Å². The predicted octanol–water partition coefficient (Wildman–Crippen LogP) is 0.0823. The average molecular weight is 319 g/mol. The van der Waals surface area contributed by atoms with Gasteiger partial charge in [0.05, 0.1) is 5.69 Å². The van der Waals surface area contributed by atoms with Gasteiger partial charge in [0, 0.05) is 51.9 Å². The van der Waals surface area contributed by atoms with Crippen LogP contribution >= 0.6 is 0 Å². The molecule has 3 heterocycles. The highest BCUT2D eigenvalue weighted by atomic mass is 16.5. The van der Waals surface area contributed by atoms with Crippen LogP contribution in [0.3, 0.4) is 0 Å². The normalized spacial score (nSPS) is 16.5. The molecule has 0 bridgehead atoms. The fraction of sp³-hybridized carbons (Fsp3) is 0.533. The number of H-pyrrole nitrogens is 1. The molecule has 2 aromatic rings. The Hall–Kier alpha value is -2.35. The molecule has 0 atom stereocenters. The second-order valence-corrected chi connectivity index (χ2v) is 5.90. The molecule has 8 heteroatoms. The van der Waals surface area contributed by atoms with Gasteiger partial charge in [0.2, 0.25) is 0 Å². The summed E-state index contributed by atoms with van der Waals surface area (Å²) in [5.41, 5.74) is 0.257. The van der Waals surface area contributed by atoms with Gasteiger partial charge < -0.3 is 9.42 Å². The predicted molar refractivity (Wildman–Crippen MR) is 85.7 cm³/mol. The molecular weight excluding hydrogens is 298 g/mol. The van der Waals surface area contributed by atoms with Gasteiger partial charge >= 0.3 is 5.69 Å². The topological polar surface area (TPSA) is 87.4 Å². The van der Waals surface area contributed by atoms with Gasteiger partial charge in [-0.2, -0.15) is 0 Å². The van der Waals surface area contributed by atoms with E-state index in [0.29, 0.717) is 5.82 Å². The van der Waals surface area contributed by atoms with Crippen LogP contribution in [0.2, 0.25) is 0 Å². The second kappa shape index (κ2) is 6.41. The van der Waals surface area contributed by atoms with Crippen LogP contribution in [-0.2, 0) is 13.6 Å². The van der Waals surface area contributed by atoms with Crippen molar-refractivity contribution in [2.45, 2.75) is 19.9 Å². The van der Waals surface area contributed by atoms with E-state index < -0.39 is 0 Å². The molecule has 8 nitrogen and oxygen atoms in total. The van der Waals surface area contributed by atoms with Gasteiger partial charge in [0.1, 0.15) is 11.6 Å². The fourth-order valence-corrected chi connectivity index (χ4v) is 2.81. The molecule has 0 spiro atoms. The van der Waals surface area contributed by atoms with Crippen LogP contribution in [-0.4, -0.2) is 45.8 Å². The van der Waals surface area contributed by atoms with Gasteiger partial charge in [-0.05, 0) is 13.3 Å². The SMILES string of the molecule is Cc1cc(CN2CCCN(c3cc(=O)n(C)c(=O)[nH]3)CC2)no1. The smallest absolute Gasteiger partial charge is 0.329 e. The van der Waals surface area contributed by atoms with Gasteiger partial charge in [-0.1, -0.05) is 5.16 Å². The van der Waals surface area contributed by atoms with Crippen LogP contribution in [0.25, 0.3) is 0 Å². The van der Waals surface area contributed by atoms with E-state index >= 15 is 0 Å². The molecule has 1 saturated heterocycles. The van der Waals surface area contributed by atoms with E-state index in [2.05, 4.69) is 19.9 Å². The monoisotopic (exact) mass is 319 g/mol. The molecule has 0 amide bonds. The van der Waals surface area contributed by atoms with Crippen molar-refractivity contribution in [1.82, 2.24) is 19.6 Å². The molecular formula is C15H21N5O3. The Balaban J connectivity index is 1.69. The number of hydrogen-bond acceptors (Lipinski definition) is 6. The molecule has 3 rings (SSSR count). The quantitative estimate of drug-likeness (QED) is 0.862. The Morgan fingerprint density at radius 2 is 2.04 bits per heavy atom. The van der Waals surface area contributed by atoms with Crippen LogP contribution < -0.4 is 16.1 Å². The summed E-state index contributed by atoms with van der Waals surface area (Å²) in [6.07, 6.45) is 0.952. The number of aryl methyl sites for hydroxylation is 1. The lowest BCUT2D eigenvalue weighted by Crippen LogP contribution is -2.37. The zero-order valence-corrected chi connectivity index (χ0v) is 13.4.